The third kappa shape index (κ3) is 3.65. The van der Waals surface area contributed by atoms with Crippen LogP contribution in [0.2, 0.25) is 0 Å². The Hall–Kier alpha value is -4.72. The third-order valence-electron chi connectivity index (χ3n) is 10.4. The molecule has 0 saturated heterocycles. The normalized spacial score (nSPS) is 14.9. The largest absolute Gasteiger partial charge is 0.0713 e. The zero-order chi connectivity index (χ0) is 30.3. The molecule has 0 saturated carbocycles. The first-order valence-electron chi connectivity index (χ1n) is 15.7. The van der Waals surface area contributed by atoms with E-state index in [0.29, 0.717) is 0 Å². The lowest BCUT2D eigenvalue weighted by Gasteiger charge is -2.42. The quantitative estimate of drug-likeness (QED) is 0.180. The summed E-state index contributed by atoms with van der Waals surface area (Å²) in [6.07, 6.45) is 0. The van der Waals surface area contributed by atoms with Crippen LogP contribution < -0.4 is 0 Å². The van der Waals surface area contributed by atoms with Crippen LogP contribution in [-0.4, -0.2) is 0 Å². The molecule has 0 N–H and O–H groups in total. The van der Waals surface area contributed by atoms with Crippen LogP contribution in [0.25, 0.3) is 44.2 Å². The summed E-state index contributed by atoms with van der Waals surface area (Å²) in [5.74, 6) is 0. The maximum atomic E-state index is 3.71. The van der Waals surface area contributed by atoms with Gasteiger partial charge in [-0.15, -0.1) is 0 Å². The molecule has 1 heteroatoms. The summed E-state index contributed by atoms with van der Waals surface area (Å²) in [5, 5.41) is 2.62. The second-order valence-electron chi connectivity index (χ2n) is 13.0. The van der Waals surface area contributed by atoms with E-state index >= 15 is 0 Å². The molecular formula is C44H31Br. The highest BCUT2D eigenvalue weighted by molar-refractivity contribution is 9.10. The fourth-order valence-corrected chi connectivity index (χ4v) is 8.71. The molecule has 0 nitrogen and oxygen atoms in total. The molecule has 0 radical (unpaired) electrons. The number of halogens is 1. The summed E-state index contributed by atoms with van der Waals surface area (Å²) in [7, 11) is 0. The Balaban J connectivity index is 1.33. The van der Waals surface area contributed by atoms with Crippen LogP contribution in [0.15, 0.2) is 156 Å². The van der Waals surface area contributed by atoms with Gasteiger partial charge in [0.1, 0.15) is 0 Å². The van der Waals surface area contributed by atoms with E-state index in [1.54, 1.807) is 0 Å². The zero-order valence-electron chi connectivity index (χ0n) is 25.3. The summed E-state index contributed by atoms with van der Waals surface area (Å²) < 4.78 is 1.13. The minimum atomic E-state index is -0.445. The summed E-state index contributed by atoms with van der Waals surface area (Å²) in [6, 6.07) is 56.8. The Kier molecular flexibility index (Phi) is 5.71. The number of benzene rings is 7. The van der Waals surface area contributed by atoms with Crippen molar-refractivity contribution in [2.24, 2.45) is 0 Å². The molecule has 0 unspecified atom stereocenters. The molecule has 2 aliphatic carbocycles. The smallest absolute Gasteiger partial charge is 0.0622 e. The predicted molar refractivity (Wildman–Crippen MR) is 192 cm³/mol. The molecule has 214 valence electrons. The van der Waals surface area contributed by atoms with Gasteiger partial charge < -0.3 is 0 Å². The van der Waals surface area contributed by atoms with E-state index in [1.807, 2.05) is 0 Å². The molecule has 0 aromatic heterocycles. The highest BCUT2D eigenvalue weighted by Gasteiger charge is 2.44. The van der Waals surface area contributed by atoms with Crippen molar-refractivity contribution in [3.05, 3.63) is 190 Å². The van der Waals surface area contributed by atoms with Crippen LogP contribution in [-0.2, 0) is 10.8 Å². The van der Waals surface area contributed by atoms with Crippen LogP contribution in [0.4, 0.5) is 0 Å². The maximum Gasteiger partial charge on any atom is 0.0713 e. The van der Waals surface area contributed by atoms with Crippen molar-refractivity contribution in [3.8, 4) is 33.4 Å². The lowest BCUT2D eigenvalue weighted by molar-refractivity contribution is 0.660. The van der Waals surface area contributed by atoms with Gasteiger partial charge in [-0.05, 0) is 102 Å². The molecule has 2 aliphatic rings. The van der Waals surface area contributed by atoms with Crippen molar-refractivity contribution < 1.29 is 0 Å². The monoisotopic (exact) mass is 638 g/mol. The Bertz CT molecular complexity index is 2250. The molecule has 0 heterocycles. The first kappa shape index (κ1) is 26.7. The van der Waals surface area contributed by atoms with Gasteiger partial charge in [-0.25, -0.2) is 0 Å². The predicted octanol–water partition coefficient (Wildman–Crippen LogP) is 11.9. The van der Waals surface area contributed by atoms with Gasteiger partial charge in [0.05, 0.1) is 5.41 Å². The first-order chi connectivity index (χ1) is 22.0. The van der Waals surface area contributed by atoms with Gasteiger partial charge in [-0.1, -0.05) is 157 Å². The van der Waals surface area contributed by atoms with Crippen molar-refractivity contribution in [3.63, 3.8) is 0 Å². The first-order valence-corrected chi connectivity index (χ1v) is 16.5. The van der Waals surface area contributed by atoms with Gasteiger partial charge in [0.25, 0.3) is 0 Å². The molecule has 45 heavy (non-hydrogen) atoms. The molecule has 0 spiro atoms. The topological polar surface area (TPSA) is 0 Å². The highest BCUT2D eigenvalue weighted by Crippen LogP contribution is 2.56. The zero-order valence-corrected chi connectivity index (χ0v) is 26.9. The SMILES string of the molecule is CC1(C)c2cc(Br)ccc2-c2ccc(-c3ccc4c(c3)-c3cccc5cccc(c35)C4(c3ccccc3)c3ccccc3)cc21. The van der Waals surface area contributed by atoms with Gasteiger partial charge >= 0.3 is 0 Å². The van der Waals surface area contributed by atoms with E-state index in [2.05, 4.69) is 181 Å². The molecular weight excluding hydrogens is 608 g/mol. The average Bonchev–Trinajstić information content (AvgIpc) is 3.31. The fourth-order valence-electron chi connectivity index (χ4n) is 8.35. The van der Waals surface area contributed by atoms with Crippen molar-refractivity contribution >= 4 is 26.7 Å². The van der Waals surface area contributed by atoms with Crippen LogP contribution in [0.1, 0.15) is 47.2 Å². The van der Waals surface area contributed by atoms with Crippen LogP contribution >= 0.6 is 15.9 Å². The Labute approximate surface area is 273 Å². The number of rotatable bonds is 3. The molecule has 0 atom stereocenters. The second kappa shape index (κ2) is 9.64. The van der Waals surface area contributed by atoms with Crippen LogP contribution in [0.5, 0.6) is 0 Å². The van der Waals surface area contributed by atoms with Gasteiger partial charge in [0.15, 0.2) is 0 Å². The van der Waals surface area contributed by atoms with Crippen LogP contribution in [0, 0.1) is 0 Å². The second-order valence-corrected chi connectivity index (χ2v) is 13.9. The third-order valence-corrected chi connectivity index (χ3v) is 10.9. The number of hydrogen-bond acceptors (Lipinski definition) is 0. The van der Waals surface area contributed by atoms with Crippen molar-refractivity contribution in [2.45, 2.75) is 24.7 Å². The molecule has 9 rings (SSSR count). The van der Waals surface area contributed by atoms with E-state index in [0.717, 1.165) is 4.47 Å². The van der Waals surface area contributed by atoms with Gasteiger partial charge in [-0.2, -0.15) is 0 Å². The lowest BCUT2D eigenvalue weighted by atomic mass is 9.59. The Morgan fingerprint density at radius 2 is 1.02 bits per heavy atom. The number of fused-ring (bicyclic) bond motifs is 5. The number of hydrogen-bond donors (Lipinski definition) is 0. The molecule has 7 aromatic carbocycles. The Morgan fingerprint density at radius 1 is 0.422 bits per heavy atom. The Morgan fingerprint density at radius 3 is 1.73 bits per heavy atom. The minimum absolute atomic E-state index is 0.0705. The van der Waals surface area contributed by atoms with Crippen molar-refractivity contribution in [2.75, 3.05) is 0 Å². The van der Waals surface area contributed by atoms with E-state index in [4.69, 9.17) is 0 Å². The molecule has 0 aliphatic heterocycles. The van der Waals surface area contributed by atoms with E-state index in [9.17, 15) is 0 Å². The summed E-state index contributed by atoms with van der Waals surface area (Å²) >= 11 is 3.71. The van der Waals surface area contributed by atoms with Crippen LogP contribution in [0.3, 0.4) is 0 Å². The van der Waals surface area contributed by atoms with Gasteiger partial charge in [0.2, 0.25) is 0 Å². The summed E-state index contributed by atoms with van der Waals surface area (Å²) in [6.45, 7) is 4.71. The molecule has 0 bridgehead atoms. The summed E-state index contributed by atoms with van der Waals surface area (Å²) in [4.78, 5) is 0. The maximum absolute atomic E-state index is 3.71. The standard InChI is InChI=1S/C44H31Br/c1-43(2)40-26-30(19-22-34(40)35-23-21-33(45)27-41(35)43)29-20-24-38-37(25-29)36-17-9-11-28-12-10-18-39(42(28)36)44(38,31-13-5-3-6-14-31)32-15-7-4-8-16-32/h3-27H,1-2H3. The van der Waals surface area contributed by atoms with E-state index < -0.39 is 5.41 Å². The average molecular weight is 640 g/mol. The molecule has 7 aromatic rings. The fraction of sp³-hybridized carbons (Fsp3) is 0.0909. The molecule has 0 amide bonds. The molecule has 0 fully saturated rings. The highest BCUT2D eigenvalue weighted by atomic mass is 79.9. The van der Waals surface area contributed by atoms with E-state index in [-0.39, 0.29) is 5.41 Å². The van der Waals surface area contributed by atoms with Crippen molar-refractivity contribution in [1.82, 2.24) is 0 Å². The van der Waals surface area contributed by atoms with Gasteiger partial charge in [-0.3, -0.25) is 0 Å². The van der Waals surface area contributed by atoms with E-state index in [1.165, 1.54) is 77.5 Å². The summed E-state index contributed by atoms with van der Waals surface area (Å²) in [5.41, 5.74) is 15.3. The minimum Gasteiger partial charge on any atom is -0.0622 e. The van der Waals surface area contributed by atoms with Gasteiger partial charge in [0, 0.05) is 9.89 Å². The lowest BCUT2D eigenvalue weighted by Crippen LogP contribution is -2.33. The van der Waals surface area contributed by atoms with Crippen molar-refractivity contribution in [1.29, 1.82) is 0 Å².